The molecule has 1 nitrogen and oxygen atoms in total. The van der Waals surface area contributed by atoms with Gasteiger partial charge in [0, 0.05) is 6.04 Å². The monoisotopic (exact) mass is 151 g/mol. The molecule has 0 aromatic heterocycles. The molecule has 0 bridgehead atoms. The summed E-state index contributed by atoms with van der Waals surface area (Å²) >= 11 is 0. The van der Waals surface area contributed by atoms with E-state index in [1.54, 1.807) is 0 Å². The fourth-order valence-electron chi connectivity index (χ4n) is 0.974. The van der Waals surface area contributed by atoms with Crippen molar-refractivity contribution < 1.29 is 13.2 Å². The molecule has 0 fully saturated rings. The molecular weight excluding hydrogens is 143 g/mol. The zero-order valence-electron chi connectivity index (χ0n) is 5.44. The predicted molar refractivity (Wildman–Crippen MR) is 31.3 cm³/mol. The van der Waals surface area contributed by atoms with Crippen molar-refractivity contribution in [2.24, 2.45) is 5.92 Å². The topological polar surface area (TPSA) is 12.0 Å². The lowest BCUT2D eigenvalue weighted by Gasteiger charge is -2.17. The number of rotatable bonds is 0. The first-order valence-electron chi connectivity index (χ1n) is 3.01. The lowest BCUT2D eigenvalue weighted by atomic mass is 10.0. The van der Waals surface area contributed by atoms with E-state index in [1.165, 1.54) is 13.1 Å². The number of hydrogen-bond donors (Lipinski definition) is 1. The Morgan fingerprint density at radius 3 is 2.20 bits per heavy atom. The van der Waals surface area contributed by atoms with Crippen LogP contribution in [0.15, 0.2) is 12.3 Å². The van der Waals surface area contributed by atoms with Crippen molar-refractivity contribution in [1.82, 2.24) is 5.32 Å². The van der Waals surface area contributed by atoms with Crippen molar-refractivity contribution in [3.63, 3.8) is 0 Å². The highest BCUT2D eigenvalue weighted by molar-refractivity contribution is 5.03. The minimum Gasteiger partial charge on any atom is -0.388 e. The lowest BCUT2D eigenvalue weighted by molar-refractivity contribution is -0.164. The summed E-state index contributed by atoms with van der Waals surface area (Å²) in [6.45, 7) is 1.51. The van der Waals surface area contributed by atoms with Gasteiger partial charge < -0.3 is 5.32 Å². The minimum absolute atomic E-state index is 0.514. The molecule has 4 heteroatoms. The van der Waals surface area contributed by atoms with E-state index in [-0.39, 0.29) is 0 Å². The van der Waals surface area contributed by atoms with Gasteiger partial charge in [0.15, 0.2) is 0 Å². The van der Waals surface area contributed by atoms with Crippen LogP contribution in [-0.2, 0) is 0 Å². The summed E-state index contributed by atoms with van der Waals surface area (Å²) in [7, 11) is 0. The van der Waals surface area contributed by atoms with E-state index in [0.717, 1.165) is 6.08 Å². The standard InChI is InChI=1S/C6H8F3N/c1-4-5(2-3-10-4)6(7,8)9/h2-5,10H,1H3. The zero-order valence-corrected chi connectivity index (χ0v) is 5.44. The molecule has 0 radical (unpaired) electrons. The van der Waals surface area contributed by atoms with Crippen LogP contribution in [0.3, 0.4) is 0 Å². The van der Waals surface area contributed by atoms with Crippen LogP contribution in [-0.4, -0.2) is 12.2 Å². The summed E-state index contributed by atoms with van der Waals surface area (Å²) in [5.41, 5.74) is 0. The Hall–Kier alpha value is -0.670. The Bertz CT molecular complexity index is 150. The third-order valence-electron chi connectivity index (χ3n) is 1.58. The molecule has 1 heterocycles. The molecule has 1 aliphatic rings. The first-order chi connectivity index (χ1) is 4.52. The average molecular weight is 151 g/mol. The highest BCUT2D eigenvalue weighted by Gasteiger charge is 2.42. The van der Waals surface area contributed by atoms with Crippen LogP contribution in [0.2, 0.25) is 0 Å². The maximum Gasteiger partial charge on any atom is 0.397 e. The largest absolute Gasteiger partial charge is 0.397 e. The van der Waals surface area contributed by atoms with Gasteiger partial charge in [-0.15, -0.1) is 0 Å². The molecule has 2 unspecified atom stereocenters. The number of hydrogen-bond acceptors (Lipinski definition) is 1. The van der Waals surface area contributed by atoms with Crippen LogP contribution in [0.25, 0.3) is 0 Å². The maximum absolute atomic E-state index is 11.9. The van der Waals surface area contributed by atoms with Crippen molar-refractivity contribution in [1.29, 1.82) is 0 Å². The fraction of sp³-hybridized carbons (Fsp3) is 0.667. The van der Waals surface area contributed by atoms with Gasteiger partial charge in [0.2, 0.25) is 0 Å². The van der Waals surface area contributed by atoms with Crippen LogP contribution in [0.4, 0.5) is 13.2 Å². The van der Waals surface area contributed by atoms with Crippen molar-refractivity contribution >= 4 is 0 Å². The summed E-state index contributed by atoms with van der Waals surface area (Å²) in [5.74, 6) is -1.31. The molecule has 0 aromatic rings. The molecule has 0 spiro atoms. The summed E-state index contributed by atoms with van der Waals surface area (Å²) < 4.78 is 35.8. The van der Waals surface area contributed by atoms with E-state index in [1.807, 2.05) is 0 Å². The van der Waals surface area contributed by atoms with E-state index < -0.39 is 18.1 Å². The number of nitrogens with one attached hydrogen (secondary N) is 1. The first kappa shape index (κ1) is 7.44. The first-order valence-corrected chi connectivity index (χ1v) is 3.01. The molecule has 1 N–H and O–H groups in total. The van der Waals surface area contributed by atoms with Gasteiger partial charge in [0.1, 0.15) is 0 Å². The minimum atomic E-state index is -4.10. The van der Waals surface area contributed by atoms with Gasteiger partial charge in [-0.2, -0.15) is 13.2 Å². The zero-order chi connectivity index (χ0) is 7.78. The normalized spacial score (nSPS) is 32.4. The highest BCUT2D eigenvalue weighted by Crippen LogP contribution is 2.31. The quantitative estimate of drug-likeness (QED) is 0.555. The Morgan fingerprint density at radius 1 is 1.40 bits per heavy atom. The van der Waals surface area contributed by atoms with Gasteiger partial charge in [0.25, 0.3) is 0 Å². The van der Waals surface area contributed by atoms with Gasteiger partial charge in [-0.1, -0.05) is 6.08 Å². The Morgan fingerprint density at radius 2 is 2.00 bits per heavy atom. The number of halogens is 3. The second-order valence-electron chi connectivity index (χ2n) is 2.38. The van der Waals surface area contributed by atoms with E-state index in [0.29, 0.717) is 0 Å². The third kappa shape index (κ3) is 1.25. The Kier molecular flexibility index (Phi) is 1.62. The molecule has 10 heavy (non-hydrogen) atoms. The van der Waals surface area contributed by atoms with Gasteiger partial charge in [-0.3, -0.25) is 0 Å². The van der Waals surface area contributed by atoms with Crippen molar-refractivity contribution in [3.05, 3.63) is 12.3 Å². The summed E-state index contributed by atoms with van der Waals surface area (Å²) in [5, 5.41) is 2.58. The smallest absolute Gasteiger partial charge is 0.388 e. The van der Waals surface area contributed by atoms with Crippen LogP contribution >= 0.6 is 0 Å². The second-order valence-corrected chi connectivity index (χ2v) is 2.38. The molecule has 1 rings (SSSR count). The molecule has 0 amide bonds. The fourth-order valence-corrected chi connectivity index (χ4v) is 0.974. The van der Waals surface area contributed by atoms with Gasteiger partial charge in [0.05, 0.1) is 5.92 Å². The molecule has 0 aliphatic carbocycles. The van der Waals surface area contributed by atoms with Gasteiger partial charge in [-0.05, 0) is 13.1 Å². The van der Waals surface area contributed by atoms with Crippen LogP contribution in [0.5, 0.6) is 0 Å². The Balaban J connectivity index is 2.64. The molecule has 58 valence electrons. The van der Waals surface area contributed by atoms with E-state index in [2.05, 4.69) is 5.32 Å². The molecule has 2 atom stereocenters. The van der Waals surface area contributed by atoms with Crippen LogP contribution < -0.4 is 5.32 Å². The van der Waals surface area contributed by atoms with E-state index in [9.17, 15) is 13.2 Å². The SMILES string of the molecule is CC1NC=CC1C(F)(F)F. The number of alkyl halides is 3. The third-order valence-corrected chi connectivity index (χ3v) is 1.58. The molecule has 1 aliphatic heterocycles. The van der Waals surface area contributed by atoms with Crippen molar-refractivity contribution in [2.45, 2.75) is 19.1 Å². The van der Waals surface area contributed by atoms with Crippen LogP contribution in [0.1, 0.15) is 6.92 Å². The summed E-state index contributed by atoms with van der Waals surface area (Å²) in [6, 6.07) is -0.514. The predicted octanol–water partition coefficient (Wildman–Crippen LogP) is 1.67. The molecule has 0 saturated heterocycles. The van der Waals surface area contributed by atoms with E-state index in [4.69, 9.17) is 0 Å². The van der Waals surface area contributed by atoms with Crippen LogP contribution in [0, 0.1) is 5.92 Å². The molecule has 0 aromatic carbocycles. The summed E-state index contributed by atoms with van der Waals surface area (Å²) in [6.07, 6.45) is -1.60. The lowest BCUT2D eigenvalue weighted by Crippen LogP contribution is -2.33. The maximum atomic E-state index is 11.9. The van der Waals surface area contributed by atoms with E-state index >= 15 is 0 Å². The van der Waals surface area contributed by atoms with Crippen molar-refractivity contribution in [3.8, 4) is 0 Å². The van der Waals surface area contributed by atoms with Gasteiger partial charge in [-0.25, -0.2) is 0 Å². The average Bonchev–Trinajstić information content (AvgIpc) is 2.11. The highest BCUT2D eigenvalue weighted by atomic mass is 19.4. The summed E-state index contributed by atoms with van der Waals surface area (Å²) in [4.78, 5) is 0. The van der Waals surface area contributed by atoms with Gasteiger partial charge >= 0.3 is 6.18 Å². The molecule has 0 saturated carbocycles. The Labute approximate surface area is 56.9 Å². The second kappa shape index (κ2) is 2.18. The molecular formula is C6H8F3N. The van der Waals surface area contributed by atoms with Crippen molar-refractivity contribution in [2.75, 3.05) is 0 Å².